The lowest BCUT2D eigenvalue weighted by Crippen LogP contribution is -2.36. The van der Waals surface area contributed by atoms with Crippen LogP contribution in [0.4, 0.5) is 5.13 Å². The van der Waals surface area contributed by atoms with Crippen LogP contribution in [0, 0.1) is 6.92 Å². The Hall–Kier alpha value is -1.47. The fraction of sp³-hybridized carbons (Fsp3) is 0.562. The van der Waals surface area contributed by atoms with Crippen molar-refractivity contribution in [2.45, 2.75) is 33.1 Å². The van der Waals surface area contributed by atoms with E-state index in [1.165, 1.54) is 0 Å². The summed E-state index contributed by atoms with van der Waals surface area (Å²) in [6.07, 6.45) is 2.35. The number of hydrogen-bond acceptors (Lipinski definition) is 6. The zero-order valence-electron chi connectivity index (χ0n) is 13.6. The van der Waals surface area contributed by atoms with Crippen LogP contribution in [0.1, 0.15) is 29.7 Å². The highest BCUT2D eigenvalue weighted by Crippen LogP contribution is 2.21. The van der Waals surface area contributed by atoms with Crippen molar-refractivity contribution in [3.63, 3.8) is 0 Å². The minimum Gasteiger partial charge on any atom is -0.346 e. The van der Waals surface area contributed by atoms with Crippen molar-refractivity contribution in [2.24, 2.45) is 0 Å². The van der Waals surface area contributed by atoms with Gasteiger partial charge in [0.25, 0.3) is 0 Å². The van der Waals surface area contributed by atoms with E-state index in [2.05, 4.69) is 27.2 Å². The molecule has 0 aromatic carbocycles. The van der Waals surface area contributed by atoms with Crippen LogP contribution < -0.4 is 4.90 Å². The maximum atomic E-state index is 12.5. The van der Waals surface area contributed by atoms with Gasteiger partial charge in [0.15, 0.2) is 5.13 Å². The highest BCUT2D eigenvalue weighted by atomic mass is 32.1. The maximum Gasteiger partial charge on any atom is 0.228 e. The zero-order chi connectivity index (χ0) is 16.2. The molecular weight excluding hydrogens is 328 g/mol. The van der Waals surface area contributed by atoms with Crippen molar-refractivity contribution in [3.8, 4) is 0 Å². The smallest absolute Gasteiger partial charge is 0.228 e. The molecular formula is C16H22N4OS2. The second kappa shape index (κ2) is 7.40. The molecule has 0 unspecified atom stereocenters. The SMILES string of the molecule is CCc1nc(CC(=O)N2CCCN(c3nc(C)cs3)CC2)cs1. The molecule has 7 heteroatoms. The highest BCUT2D eigenvalue weighted by molar-refractivity contribution is 7.13. The van der Waals surface area contributed by atoms with Crippen molar-refractivity contribution in [2.75, 3.05) is 31.1 Å². The summed E-state index contributed by atoms with van der Waals surface area (Å²) in [5.74, 6) is 0.190. The summed E-state index contributed by atoms with van der Waals surface area (Å²) in [6, 6.07) is 0. The minimum absolute atomic E-state index is 0.190. The Morgan fingerprint density at radius 1 is 1.17 bits per heavy atom. The first-order valence-electron chi connectivity index (χ1n) is 8.04. The summed E-state index contributed by atoms with van der Waals surface area (Å²) in [4.78, 5) is 25.9. The van der Waals surface area contributed by atoms with E-state index in [-0.39, 0.29) is 5.91 Å². The third-order valence-corrected chi connectivity index (χ3v) is 6.02. The van der Waals surface area contributed by atoms with Crippen LogP contribution >= 0.6 is 22.7 Å². The molecule has 0 aliphatic carbocycles. The lowest BCUT2D eigenvalue weighted by atomic mass is 10.3. The molecule has 0 bridgehead atoms. The third kappa shape index (κ3) is 4.09. The summed E-state index contributed by atoms with van der Waals surface area (Å²) in [7, 11) is 0. The molecule has 0 radical (unpaired) electrons. The molecule has 3 heterocycles. The number of nitrogens with zero attached hydrogens (tertiary/aromatic N) is 4. The normalized spacial score (nSPS) is 15.7. The van der Waals surface area contributed by atoms with Gasteiger partial charge in [-0.05, 0) is 19.8 Å². The van der Waals surface area contributed by atoms with Gasteiger partial charge in [-0.25, -0.2) is 9.97 Å². The molecule has 3 rings (SSSR count). The molecule has 1 aliphatic heterocycles. The number of aromatic nitrogens is 2. The van der Waals surface area contributed by atoms with Gasteiger partial charge in [-0.15, -0.1) is 22.7 Å². The number of hydrogen-bond donors (Lipinski definition) is 0. The second-order valence-corrected chi connectivity index (χ2v) is 7.53. The Balaban J connectivity index is 1.57. The van der Waals surface area contributed by atoms with Crippen LogP contribution in [0.15, 0.2) is 10.8 Å². The van der Waals surface area contributed by atoms with Crippen molar-refractivity contribution < 1.29 is 4.79 Å². The molecule has 23 heavy (non-hydrogen) atoms. The van der Waals surface area contributed by atoms with Crippen molar-refractivity contribution >= 4 is 33.7 Å². The van der Waals surface area contributed by atoms with Crippen LogP contribution in [0.2, 0.25) is 0 Å². The highest BCUT2D eigenvalue weighted by Gasteiger charge is 2.21. The van der Waals surface area contributed by atoms with Gasteiger partial charge in [-0.1, -0.05) is 6.92 Å². The Bertz CT molecular complexity index is 667. The first kappa shape index (κ1) is 16.4. The van der Waals surface area contributed by atoms with Gasteiger partial charge in [0.2, 0.25) is 5.91 Å². The fourth-order valence-electron chi connectivity index (χ4n) is 2.70. The second-order valence-electron chi connectivity index (χ2n) is 5.76. The van der Waals surface area contributed by atoms with E-state index in [1.54, 1.807) is 22.7 Å². The Kier molecular flexibility index (Phi) is 5.27. The quantitative estimate of drug-likeness (QED) is 0.851. The number of amides is 1. The van der Waals surface area contributed by atoms with E-state index in [1.807, 2.05) is 17.2 Å². The van der Waals surface area contributed by atoms with E-state index in [9.17, 15) is 4.79 Å². The number of thiazole rings is 2. The standard InChI is InChI=1S/C16H22N4OS2/c1-3-14-18-13(11-22-14)9-15(21)19-5-4-6-20(8-7-19)16-17-12(2)10-23-16/h10-11H,3-9H2,1-2H3. The van der Waals surface area contributed by atoms with Gasteiger partial charge < -0.3 is 9.80 Å². The lowest BCUT2D eigenvalue weighted by molar-refractivity contribution is -0.130. The summed E-state index contributed by atoms with van der Waals surface area (Å²) >= 11 is 3.33. The summed E-state index contributed by atoms with van der Waals surface area (Å²) in [5.41, 5.74) is 1.98. The number of anilines is 1. The average molecular weight is 351 g/mol. The molecule has 2 aromatic heterocycles. The molecule has 1 amide bonds. The van der Waals surface area contributed by atoms with Gasteiger partial charge in [-0.2, -0.15) is 0 Å². The number of aryl methyl sites for hydroxylation is 2. The van der Waals surface area contributed by atoms with Crippen molar-refractivity contribution in [1.82, 2.24) is 14.9 Å². The molecule has 2 aromatic rings. The molecule has 124 valence electrons. The number of rotatable bonds is 4. The van der Waals surface area contributed by atoms with E-state index >= 15 is 0 Å². The summed E-state index contributed by atoms with van der Waals surface area (Å²) in [6.45, 7) is 7.52. The van der Waals surface area contributed by atoms with Crippen LogP contribution in [-0.4, -0.2) is 47.0 Å². The van der Waals surface area contributed by atoms with E-state index in [4.69, 9.17) is 0 Å². The molecule has 1 aliphatic rings. The van der Waals surface area contributed by atoms with E-state index < -0.39 is 0 Å². The predicted molar refractivity (Wildman–Crippen MR) is 95.5 cm³/mol. The number of carbonyl (C=O) groups excluding carboxylic acids is 1. The Morgan fingerprint density at radius 2 is 2.04 bits per heavy atom. The molecule has 0 saturated carbocycles. The fourth-order valence-corrected chi connectivity index (χ4v) is 4.31. The van der Waals surface area contributed by atoms with Crippen molar-refractivity contribution in [1.29, 1.82) is 0 Å². The zero-order valence-corrected chi connectivity index (χ0v) is 15.3. The largest absolute Gasteiger partial charge is 0.346 e. The first-order chi connectivity index (χ1) is 11.2. The third-order valence-electron chi connectivity index (χ3n) is 3.96. The molecule has 0 N–H and O–H groups in total. The maximum absolute atomic E-state index is 12.5. The van der Waals surface area contributed by atoms with Gasteiger partial charge in [0.1, 0.15) is 0 Å². The van der Waals surface area contributed by atoms with Crippen LogP contribution in [-0.2, 0) is 17.6 Å². The van der Waals surface area contributed by atoms with Crippen molar-refractivity contribution in [3.05, 3.63) is 27.2 Å². The van der Waals surface area contributed by atoms with Crippen LogP contribution in [0.25, 0.3) is 0 Å². The Labute approximate surface area is 145 Å². The van der Waals surface area contributed by atoms with E-state index in [0.717, 1.165) is 60.5 Å². The lowest BCUT2D eigenvalue weighted by Gasteiger charge is -2.21. The number of carbonyl (C=O) groups is 1. The summed E-state index contributed by atoms with van der Waals surface area (Å²) < 4.78 is 0. The molecule has 1 saturated heterocycles. The van der Waals surface area contributed by atoms with Gasteiger partial charge in [-0.3, -0.25) is 4.79 Å². The minimum atomic E-state index is 0.190. The predicted octanol–water partition coefficient (Wildman–Crippen LogP) is 2.75. The monoisotopic (exact) mass is 350 g/mol. The average Bonchev–Trinajstić information content (AvgIpc) is 3.09. The van der Waals surface area contributed by atoms with Crippen LogP contribution in [0.5, 0.6) is 0 Å². The molecule has 1 fully saturated rings. The van der Waals surface area contributed by atoms with Gasteiger partial charge in [0.05, 0.1) is 22.8 Å². The van der Waals surface area contributed by atoms with E-state index in [0.29, 0.717) is 6.42 Å². The van der Waals surface area contributed by atoms with Gasteiger partial charge in [0, 0.05) is 36.9 Å². The van der Waals surface area contributed by atoms with Crippen LogP contribution in [0.3, 0.4) is 0 Å². The summed E-state index contributed by atoms with van der Waals surface area (Å²) in [5, 5.41) is 6.27. The first-order valence-corrected chi connectivity index (χ1v) is 9.79. The van der Waals surface area contributed by atoms with Gasteiger partial charge >= 0.3 is 0 Å². The Morgan fingerprint density at radius 3 is 2.74 bits per heavy atom. The molecule has 0 spiro atoms. The topological polar surface area (TPSA) is 49.3 Å². The molecule has 0 atom stereocenters. The molecule has 5 nitrogen and oxygen atoms in total.